The van der Waals surface area contributed by atoms with Gasteiger partial charge in [0.2, 0.25) is 0 Å². The molecule has 0 spiro atoms. The highest BCUT2D eigenvalue weighted by atomic mass is 32.1. The van der Waals surface area contributed by atoms with Gasteiger partial charge in [-0.1, -0.05) is 44.9 Å². The van der Waals surface area contributed by atoms with Crippen LogP contribution in [0.15, 0.2) is 18.2 Å². The highest BCUT2D eigenvalue weighted by Gasteiger charge is 2.13. The summed E-state index contributed by atoms with van der Waals surface area (Å²) in [6.45, 7) is 2.76. The smallest absolute Gasteiger partial charge is 0.341 e. The van der Waals surface area contributed by atoms with Crippen molar-refractivity contribution in [3.8, 4) is 0 Å². The standard InChI is InChI=1S/C24H38F2O5S/c25-21-10-11-22(23(26)20-21)24(27)31-18-17-30-16-15-29-14-13-28-12-8-6-4-2-1-3-5-7-9-19-32/h10-11,20,32H,1-9,12-19H2. The van der Waals surface area contributed by atoms with Crippen molar-refractivity contribution in [2.24, 2.45) is 0 Å². The van der Waals surface area contributed by atoms with Gasteiger partial charge in [0.1, 0.15) is 18.2 Å². The molecule has 0 aliphatic carbocycles. The summed E-state index contributed by atoms with van der Waals surface area (Å²) in [5, 5.41) is 0. The van der Waals surface area contributed by atoms with Crippen LogP contribution in [-0.4, -0.2) is 58.0 Å². The molecule has 0 N–H and O–H groups in total. The third kappa shape index (κ3) is 15.6. The summed E-state index contributed by atoms with van der Waals surface area (Å²) in [5.41, 5.74) is -0.301. The number of carbonyl (C=O) groups excluding carboxylic acids is 1. The monoisotopic (exact) mass is 476 g/mol. The molecular weight excluding hydrogens is 438 g/mol. The molecule has 0 saturated heterocycles. The lowest BCUT2D eigenvalue weighted by atomic mass is 10.1. The van der Waals surface area contributed by atoms with E-state index in [1.165, 1.54) is 51.4 Å². The van der Waals surface area contributed by atoms with E-state index in [4.69, 9.17) is 18.9 Å². The van der Waals surface area contributed by atoms with E-state index in [0.29, 0.717) is 32.5 Å². The molecule has 5 nitrogen and oxygen atoms in total. The average molecular weight is 477 g/mol. The number of halogens is 2. The fraction of sp³-hybridized carbons (Fsp3) is 0.708. The van der Waals surface area contributed by atoms with Crippen LogP contribution in [0.2, 0.25) is 0 Å². The molecule has 32 heavy (non-hydrogen) atoms. The first-order chi connectivity index (χ1) is 15.6. The van der Waals surface area contributed by atoms with Crippen molar-refractivity contribution in [3.05, 3.63) is 35.4 Å². The second kappa shape index (κ2) is 20.4. The Morgan fingerprint density at radius 3 is 1.75 bits per heavy atom. The fourth-order valence-corrected chi connectivity index (χ4v) is 3.24. The van der Waals surface area contributed by atoms with E-state index in [0.717, 1.165) is 30.9 Å². The van der Waals surface area contributed by atoms with Crippen molar-refractivity contribution in [1.82, 2.24) is 0 Å². The van der Waals surface area contributed by atoms with E-state index in [9.17, 15) is 13.6 Å². The zero-order valence-corrected chi connectivity index (χ0v) is 19.9. The molecule has 0 saturated carbocycles. The summed E-state index contributed by atoms with van der Waals surface area (Å²) in [6, 6.07) is 2.70. The average Bonchev–Trinajstić information content (AvgIpc) is 2.77. The highest BCUT2D eigenvalue weighted by Crippen LogP contribution is 2.11. The topological polar surface area (TPSA) is 54.0 Å². The number of ether oxygens (including phenoxy) is 4. The minimum atomic E-state index is -0.947. The molecule has 0 amide bonds. The molecule has 0 aromatic heterocycles. The lowest BCUT2D eigenvalue weighted by Gasteiger charge is -2.08. The minimum Gasteiger partial charge on any atom is -0.460 e. The Morgan fingerprint density at radius 1 is 0.688 bits per heavy atom. The summed E-state index contributed by atoms with van der Waals surface area (Å²) in [5.74, 6) is -1.54. The Morgan fingerprint density at radius 2 is 1.19 bits per heavy atom. The van der Waals surface area contributed by atoms with Gasteiger partial charge in [0.25, 0.3) is 0 Å². The maximum absolute atomic E-state index is 13.5. The minimum absolute atomic E-state index is 0.0190. The van der Waals surface area contributed by atoms with E-state index in [1.54, 1.807) is 0 Å². The molecule has 0 atom stereocenters. The Kier molecular flexibility index (Phi) is 18.4. The van der Waals surface area contributed by atoms with E-state index in [2.05, 4.69) is 12.6 Å². The van der Waals surface area contributed by atoms with E-state index < -0.39 is 17.6 Å². The van der Waals surface area contributed by atoms with Crippen LogP contribution in [0, 0.1) is 11.6 Å². The first-order valence-corrected chi connectivity index (χ1v) is 12.2. The largest absolute Gasteiger partial charge is 0.460 e. The van der Waals surface area contributed by atoms with E-state index >= 15 is 0 Å². The number of esters is 1. The van der Waals surface area contributed by atoms with Gasteiger partial charge >= 0.3 is 5.97 Å². The van der Waals surface area contributed by atoms with Crippen LogP contribution < -0.4 is 0 Å². The number of hydrogen-bond donors (Lipinski definition) is 1. The summed E-state index contributed by atoms with van der Waals surface area (Å²) in [7, 11) is 0. The van der Waals surface area contributed by atoms with Crippen LogP contribution in [0.5, 0.6) is 0 Å². The lowest BCUT2D eigenvalue weighted by molar-refractivity contribution is 0.0000662. The van der Waals surface area contributed by atoms with Crippen molar-refractivity contribution < 1.29 is 32.5 Å². The number of rotatable bonds is 21. The SMILES string of the molecule is O=C(OCCOCCOCCOCCCCCCCCCCCS)c1ccc(F)cc1F. The van der Waals surface area contributed by atoms with Gasteiger partial charge in [-0.3, -0.25) is 0 Å². The van der Waals surface area contributed by atoms with Gasteiger partial charge in [-0.2, -0.15) is 12.6 Å². The molecule has 8 heteroatoms. The molecule has 0 heterocycles. The molecule has 0 fully saturated rings. The van der Waals surface area contributed by atoms with Gasteiger partial charge in [-0.05, 0) is 30.7 Å². The quantitative estimate of drug-likeness (QED) is 0.142. The Balaban J connectivity index is 1.79. The van der Waals surface area contributed by atoms with Crippen LogP contribution in [0.4, 0.5) is 8.78 Å². The van der Waals surface area contributed by atoms with Gasteiger partial charge in [-0.25, -0.2) is 13.6 Å². The van der Waals surface area contributed by atoms with E-state index in [-0.39, 0.29) is 18.8 Å². The molecule has 0 bridgehead atoms. The molecule has 0 unspecified atom stereocenters. The Hall–Kier alpha value is -1.22. The Bertz CT molecular complexity index is 604. The Labute approximate surface area is 196 Å². The summed E-state index contributed by atoms with van der Waals surface area (Å²) >= 11 is 4.22. The van der Waals surface area contributed by atoms with Crippen molar-refractivity contribution in [1.29, 1.82) is 0 Å². The lowest BCUT2D eigenvalue weighted by Crippen LogP contribution is -2.15. The second-order valence-electron chi connectivity index (χ2n) is 7.50. The maximum Gasteiger partial charge on any atom is 0.341 e. The fourth-order valence-electron chi connectivity index (χ4n) is 3.02. The number of hydrogen-bond acceptors (Lipinski definition) is 6. The molecule has 0 radical (unpaired) electrons. The number of benzene rings is 1. The molecule has 1 aromatic rings. The van der Waals surface area contributed by atoms with Crippen LogP contribution in [0.25, 0.3) is 0 Å². The number of carbonyl (C=O) groups is 1. The van der Waals surface area contributed by atoms with Gasteiger partial charge in [-0.15, -0.1) is 0 Å². The molecule has 1 aromatic carbocycles. The van der Waals surface area contributed by atoms with Crippen LogP contribution in [0.1, 0.15) is 68.1 Å². The second-order valence-corrected chi connectivity index (χ2v) is 7.95. The van der Waals surface area contributed by atoms with Gasteiger partial charge in [0, 0.05) is 12.7 Å². The van der Waals surface area contributed by atoms with Gasteiger partial charge in [0.05, 0.1) is 38.6 Å². The molecule has 0 aliphatic heterocycles. The third-order valence-corrected chi connectivity index (χ3v) is 5.12. The number of unbranched alkanes of at least 4 members (excludes halogenated alkanes) is 8. The van der Waals surface area contributed by atoms with Crippen molar-refractivity contribution in [2.45, 2.75) is 57.8 Å². The summed E-state index contributed by atoms with van der Waals surface area (Å²) < 4.78 is 47.4. The zero-order chi connectivity index (χ0) is 23.3. The van der Waals surface area contributed by atoms with Gasteiger partial charge in [0.15, 0.2) is 0 Å². The van der Waals surface area contributed by atoms with Crippen molar-refractivity contribution in [2.75, 3.05) is 52.0 Å². The molecule has 0 aliphatic rings. The van der Waals surface area contributed by atoms with E-state index in [1.807, 2.05) is 0 Å². The maximum atomic E-state index is 13.5. The molecular formula is C24H38F2O5S. The van der Waals surface area contributed by atoms with Crippen LogP contribution in [0.3, 0.4) is 0 Å². The predicted octanol–water partition coefficient (Wildman–Crippen LogP) is 5.61. The number of thiol groups is 1. The first-order valence-electron chi connectivity index (χ1n) is 11.6. The van der Waals surface area contributed by atoms with Crippen molar-refractivity contribution in [3.63, 3.8) is 0 Å². The van der Waals surface area contributed by atoms with Crippen molar-refractivity contribution >= 4 is 18.6 Å². The highest BCUT2D eigenvalue weighted by molar-refractivity contribution is 7.80. The third-order valence-electron chi connectivity index (χ3n) is 4.80. The molecule has 184 valence electrons. The predicted molar refractivity (Wildman–Crippen MR) is 125 cm³/mol. The normalized spacial score (nSPS) is 11.1. The summed E-state index contributed by atoms with van der Waals surface area (Å²) in [6.07, 6.45) is 11.4. The van der Waals surface area contributed by atoms with Gasteiger partial charge < -0.3 is 18.9 Å². The van der Waals surface area contributed by atoms with Crippen LogP contribution >= 0.6 is 12.6 Å². The first kappa shape index (κ1) is 28.8. The van der Waals surface area contributed by atoms with Crippen LogP contribution in [-0.2, 0) is 18.9 Å². The molecule has 1 rings (SSSR count). The zero-order valence-electron chi connectivity index (χ0n) is 19.0. The summed E-state index contributed by atoms with van der Waals surface area (Å²) in [4.78, 5) is 11.7.